The maximum Gasteiger partial charge on any atom is 0.236 e. The molecule has 0 bridgehead atoms. The number of ether oxygens (including phenoxy) is 1. The summed E-state index contributed by atoms with van der Waals surface area (Å²) in [6, 6.07) is 0. The quantitative estimate of drug-likeness (QED) is 0.679. The molecule has 0 spiro atoms. The Bertz CT molecular complexity index is 219. The highest BCUT2D eigenvalue weighted by Crippen LogP contribution is 2.04. The summed E-state index contributed by atoms with van der Waals surface area (Å²) < 4.78 is 5.46. The van der Waals surface area contributed by atoms with Gasteiger partial charge in [-0.05, 0) is 26.8 Å². The Kier molecular flexibility index (Phi) is 5.77. The maximum absolute atomic E-state index is 11.8. The largest absolute Gasteiger partial charge is 0.377 e. The second kappa shape index (κ2) is 6.86. The predicted molar refractivity (Wildman–Crippen MR) is 64.4 cm³/mol. The van der Waals surface area contributed by atoms with E-state index < -0.39 is 0 Å². The lowest BCUT2D eigenvalue weighted by atomic mass is 10.3. The molecule has 94 valence electrons. The van der Waals surface area contributed by atoms with E-state index in [1.54, 1.807) is 0 Å². The van der Waals surface area contributed by atoms with E-state index in [9.17, 15) is 4.79 Å². The topological polar surface area (TPSA) is 32.8 Å². The molecule has 0 aromatic heterocycles. The maximum atomic E-state index is 11.8. The summed E-state index contributed by atoms with van der Waals surface area (Å²) in [5.41, 5.74) is 0. The number of amides is 1. The van der Waals surface area contributed by atoms with Crippen molar-refractivity contribution >= 4 is 5.91 Å². The molecular weight excluding hydrogens is 204 g/mol. The number of rotatable bonds is 6. The van der Waals surface area contributed by atoms with Crippen LogP contribution < -0.4 is 0 Å². The average Bonchev–Trinajstić information content (AvgIpc) is 2.21. The van der Waals surface area contributed by atoms with E-state index in [4.69, 9.17) is 4.74 Å². The third-order valence-electron chi connectivity index (χ3n) is 2.75. The third-order valence-corrected chi connectivity index (χ3v) is 2.75. The Hall–Kier alpha value is -0.610. The highest BCUT2D eigenvalue weighted by Gasteiger charge is 2.22. The first-order valence-corrected chi connectivity index (χ1v) is 6.25. The van der Waals surface area contributed by atoms with Crippen molar-refractivity contribution in [3.05, 3.63) is 0 Å². The summed E-state index contributed by atoms with van der Waals surface area (Å²) in [5.74, 6) is 0.243. The molecule has 0 aromatic carbocycles. The molecule has 1 saturated heterocycles. The van der Waals surface area contributed by atoms with Gasteiger partial charge in [0.1, 0.15) is 0 Å². The summed E-state index contributed by atoms with van der Waals surface area (Å²) in [6.07, 6.45) is 1.36. The summed E-state index contributed by atoms with van der Waals surface area (Å²) >= 11 is 0. The molecule has 1 heterocycles. The third kappa shape index (κ3) is 4.49. The lowest BCUT2D eigenvalue weighted by molar-refractivity contribution is -0.137. The van der Waals surface area contributed by atoms with Crippen molar-refractivity contribution < 1.29 is 9.53 Å². The summed E-state index contributed by atoms with van der Waals surface area (Å²) in [4.78, 5) is 15.9. The van der Waals surface area contributed by atoms with Gasteiger partial charge in [-0.3, -0.25) is 9.69 Å². The second-order valence-corrected chi connectivity index (χ2v) is 4.58. The zero-order chi connectivity index (χ0) is 12.0. The molecule has 4 heteroatoms. The lowest BCUT2D eigenvalue weighted by Crippen LogP contribution is -2.51. The molecule has 1 rings (SSSR count). The van der Waals surface area contributed by atoms with Gasteiger partial charge in [-0.2, -0.15) is 0 Å². The molecule has 1 amide bonds. The fraction of sp³-hybridized carbons (Fsp3) is 0.917. The van der Waals surface area contributed by atoms with Gasteiger partial charge in [-0.1, -0.05) is 6.92 Å². The first-order chi connectivity index (χ1) is 7.63. The predicted octanol–water partition coefficient (Wildman–Crippen LogP) is 0.966. The Morgan fingerprint density at radius 3 is 2.62 bits per heavy atom. The van der Waals surface area contributed by atoms with Crippen LogP contribution in [0.1, 0.15) is 27.2 Å². The van der Waals surface area contributed by atoms with E-state index in [1.165, 1.54) is 0 Å². The SMILES string of the molecule is CCCN1CCN(CCOC(C)C)C(=O)C1. The van der Waals surface area contributed by atoms with Crippen LogP contribution in [-0.4, -0.2) is 61.1 Å². The fourth-order valence-corrected chi connectivity index (χ4v) is 1.90. The molecule has 0 aromatic rings. The Morgan fingerprint density at radius 2 is 2.06 bits per heavy atom. The molecule has 0 aliphatic carbocycles. The van der Waals surface area contributed by atoms with E-state index in [1.807, 2.05) is 18.7 Å². The Labute approximate surface area is 98.5 Å². The minimum atomic E-state index is 0.243. The summed E-state index contributed by atoms with van der Waals surface area (Å²) in [5, 5.41) is 0. The standard InChI is InChI=1S/C12H24N2O2/c1-4-5-13-6-7-14(12(15)10-13)8-9-16-11(2)3/h11H,4-10H2,1-3H3. The smallest absolute Gasteiger partial charge is 0.236 e. The van der Waals surface area contributed by atoms with E-state index in [0.717, 1.165) is 32.6 Å². The zero-order valence-corrected chi connectivity index (χ0v) is 10.7. The second-order valence-electron chi connectivity index (χ2n) is 4.58. The van der Waals surface area contributed by atoms with Gasteiger partial charge in [0.25, 0.3) is 0 Å². The number of nitrogens with zero attached hydrogens (tertiary/aromatic N) is 2. The van der Waals surface area contributed by atoms with Crippen molar-refractivity contribution in [2.75, 3.05) is 39.3 Å². The highest BCUT2D eigenvalue weighted by atomic mass is 16.5. The fourth-order valence-electron chi connectivity index (χ4n) is 1.90. The molecule has 0 N–H and O–H groups in total. The van der Waals surface area contributed by atoms with Crippen molar-refractivity contribution in [1.82, 2.24) is 9.80 Å². The lowest BCUT2D eigenvalue weighted by Gasteiger charge is -2.34. The van der Waals surface area contributed by atoms with Gasteiger partial charge in [0.2, 0.25) is 5.91 Å². The molecular formula is C12H24N2O2. The normalized spacial score (nSPS) is 18.5. The van der Waals surface area contributed by atoms with Crippen LogP contribution in [0.2, 0.25) is 0 Å². The molecule has 1 aliphatic rings. The van der Waals surface area contributed by atoms with Crippen LogP contribution in [0.25, 0.3) is 0 Å². The first-order valence-electron chi connectivity index (χ1n) is 6.25. The van der Waals surface area contributed by atoms with Crippen molar-refractivity contribution in [3.63, 3.8) is 0 Å². The Balaban J connectivity index is 2.22. The van der Waals surface area contributed by atoms with Gasteiger partial charge in [0.15, 0.2) is 0 Å². The summed E-state index contributed by atoms with van der Waals surface area (Å²) in [6.45, 7) is 11.0. The number of hydrogen-bond donors (Lipinski definition) is 0. The van der Waals surface area contributed by atoms with Crippen LogP contribution in [0.5, 0.6) is 0 Å². The molecule has 0 unspecified atom stereocenters. The molecule has 4 nitrogen and oxygen atoms in total. The van der Waals surface area contributed by atoms with Gasteiger partial charge in [-0.15, -0.1) is 0 Å². The van der Waals surface area contributed by atoms with E-state index >= 15 is 0 Å². The van der Waals surface area contributed by atoms with Crippen molar-refractivity contribution in [3.8, 4) is 0 Å². The average molecular weight is 228 g/mol. The minimum absolute atomic E-state index is 0.243. The molecule has 0 radical (unpaired) electrons. The number of carbonyl (C=O) groups is 1. The molecule has 0 atom stereocenters. The molecule has 1 fully saturated rings. The number of carbonyl (C=O) groups excluding carboxylic acids is 1. The van der Waals surface area contributed by atoms with Crippen LogP contribution in [0.3, 0.4) is 0 Å². The summed E-state index contributed by atoms with van der Waals surface area (Å²) in [7, 11) is 0. The zero-order valence-electron chi connectivity index (χ0n) is 10.7. The van der Waals surface area contributed by atoms with Gasteiger partial charge < -0.3 is 9.64 Å². The van der Waals surface area contributed by atoms with E-state index in [-0.39, 0.29) is 12.0 Å². The number of piperazine rings is 1. The molecule has 16 heavy (non-hydrogen) atoms. The van der Waals surface area contributed by atoms with Crippen molar-refractivity contribution in [1.29, 1.82) is 0 Å². The van der Waals surface area contributed by atoms with Crippen LogP contribution in [0, 0.1) is 0 Å². The van der Waals surface area contributed by atoms with Crippen LogP contribution in [0.15, 0.2) is 0 Å². The minimum Gasteiger partial charge on any atom is -0.377 e. The van der Waals surface area contributed by atoms with E-state index in [0.29, 0.717) is 13.2 Å². The monoisotopic (exact) mass is 228 g/mol. The van der Waals surface area contributed by atoms with Crippen LogP contribution in [-0.2, 0) is 9.53 Å². The van der Waals surface area contributed by atoms with Crippen molar-refractivity contribution in [2.45, 2.75) is 33.3 Å². The molecule has 1 aliphatic heterocycles. The highest BCUT2D eigenvalue weighted by molar-refractivity contribution is 5.79. The van der Waals surface area contributed by atoms with Crippen LogP contribution in [0.4, 0.5) is 0 Å². The number of hydrogen-bond acceptors (Lipinski definition) is 3. The molecule has 0 saturated carbocycles. The Morgan fingerprint density at radius 1 is 1.31 bits per heavy atom. The van der Waals surface area contributed by atoms with Gasteiger partial charge in [0.05, 0.1) is 19.3 Å². The van der Waals surface area contributed by atoms with Gasteiger partial charge in [0, 0.05) is 19.6 Å². The van der Waals surface area contributed by atoms with E-state index in [2.05, 4.69) is 11.8 Å². The van der Waals surface area contributed by atoms with Crippen LogP contribution >= 0.6 is 0 Å². The van der Waals surface area contributed by atoms with Crippen molar-refractivity contribution in [2.24, 2.45) is 0 Å². The first kappa shape index (κ1) is 13.5. The van der Waals surface area contributed by atoms with Gasteiger partial charge in [-0.25, -0.2) is 0 Å². The van der Waals surface area contributed by atoms with Gasteiger partial charge >= 0.3 is 0 Å².